The van der Waals surface area contributed by atoms with Crippen molar-refractivity contribution in [3.8, 4) is 17.2 Å². The van der Waals surface area contributed by atoms with E-state index in [9.17, 15) is 9.59 Å². The van der Waals surface area contributed by atoms with Crippen molar-refractivity contribution in [1.29, 1.82) is 0 Å². The lowest BCUT2D eigenvalue weighted by molar-refractivity contribution is -0.122. The summed E-state index contributed by atoms with van der Waals surface area (Å²) in [6.45, 7) is 2.27. The van der Waals surface area contributed by atoms with Gasteiger partial charge < -0.3 is 29.3 Å². The van der Waals surface area contributed by atoms with Gasteiger partial charge in [0.2, 0.25) is 17.6 Å². The Kier molecular flexibility index (Phi) is 6.58. The van der Waals surface area contributed by atoms with Crippen LogP contribution < -0.4 is 29.3 Å². The molecule has 0 radical (unpaired) electrons. The standard InChI is InChI=1S/C23H29N3O5/c1-14-9-16(7-8-18(14)25(2)3)24-23(28)15-10-21(27)26(13-15)17-11-19(29-4)22(31-6)20(12-17)30-5/h7-9,11-12,15H,10,13H2,1-6H3,(H,24,28). The average Bonchev–Trinajstić information content (AvgIpc) is 3.14. The molecule has 0 aliphatic carbocycles. The molecule has 2 amide bonds. The van der Waals surface area contributed by atoms with Crippen molar-refractivity contribution in [3.05, 3.63) is 35.9 Å². The lowest BCUT2D eigenvalue weighted by atomic mass is 10.1. The maximum atomic E-state index is 12.8. The molecule has 8 nitrogen and oxygen atoms in total. The van der Waals surface area contributed by atoms with Gasteiger partial charge in [-0.3, -0.25) is 9.59 Å². The first-order chi connectivity index (χ1) is 14.8. The first-order valence-electron chi connectivity index (χ1n) is 9.98. The molecule has 1 heterocycles. The van der Waals surface area contributed by atoms with E-state index in [4.69, 9.17) is 14.2 Å². The van der Waals surface area contributed by atoms with E-state index in [0.717, 1.165) is 11.3 Å². The lowest BCUT2D eigenvalue weighted by Gasteiger charge is -2.20. The molecular formula is C23H29N3O5. The molecule has 1 fully saturated rings. The number of nitrogens with one attached hydrogen (secondary N) is 1. The molecule has 1 aliphatic heterocycles. The van der Waals surface area contributed by atoms with Gasteiger partial charge in [-0.1, -0.05) is 0 Å². The Labute approximate surface area is 182 Å². The molecule has 0 saturated carbocycles. The molecule has 31 heavy (non-hydrogen) atoms. The molecule has 1 aliphatic rings. The Hall–Kier alpha value is -3.42. The number of nitrogens with zero attached hydrogens (tertiary/aromatic N) is 2. The van der Waals surface area contributed by atoms with Gasteiger partial charge >= 0.3 is 0 Å². The van der Waals surface area contributed by atoms with Crippen molar-refractivity contribution < 1.29 is 23.8 Å². The summed E-state index contributed by atoms with van der Waals surface area (Å²) in [5.41, 5.74) is 3.46. The minimum atomic E-state index is -0.458. The zero-order valence-corrected chi connectivity index (χ0v) is 18.8. The maximum absolute atomic E-state index is 12.8. The van der Waals surface area contributed by atoms with Crippen LogP contribution in [-0.4, -0.2) is 53.8 Å². The van der Waals surface area contributed by atoms with Gasteiger partial charge in [-0.2, -0.15) is 0 Å². The Morgan fingerprint density at radius 3 is 2.23 bits per heavy atom. The van der Waals surface area contributed by atoms with Crippen molar-refractivity contribution in [2.75, 3.05) is 57.1 Å². The first-order valence-corrected chi connectivity index (χ1v) is 9.98. The molecule has 1 saturated heterocycles. The van der Waals surface area contributed by atoms with E-state index in [1.54, 1.807) is 17.0 Å². The summed E-state index contributed by atoms with van der Waals surface area (Å²) in [5, 5.41) is 2.94. The number of aryl methyl sites for hydroxylation is 1. The molecule has 8 heteroatoms. The highest BCUT2D eigenvalue weighted by Crippen LogP contribution is 2.42. The minimum absolute atomic E-state index is 0.131. The molecule has 3 rings (SSSR count). The summed E-state index contributed by atoms with van der Waals surface area (Å²) in [6.07, 6.45) is 0.136. The van der Waals surface area contributed by atoms with E-state index < -0.39 is 5.92 Å². The third-order valence-electron chi connectivity index (χ3n) is 5.40. The molecule has 0 aromatic heterocycles. The van der Waals surface area contributed by atoms with Crippen LogP contribution in [0.2, 0.25) is 0 Å². The van der Waals surface area contributed by atoms with Crippen LogP contribution in [0, 0.1) is 12.8 Å². The van der Waals surface area contributed by atoms with E-state index in [0.29, 0.717) is 28.6 Å². The van der Waals surface area contributed by atoms with Crippen LogP contribution >= 0.6 is 0 Å². The summed E-state index contributed by atoms with van der Waals surface area (Å²) in [4.78, 5) is 29.1. The normalized spacial score (nSPS) is 15.6. The predicted molar refractivity (Wildman–Crippen MR) is 121 cm³/mol. The van der Waals surface area contributed by atoms with Gasteiger partial charge in [0.25, 0.3) is 0 Å². The third kappa shape index (κ3) is 4.52. The van der Waals surface area contributed by atoms with E-state index >= 15 is 0 Å². The summed E-state index contributed by atoms with van der Waals surface area (Å²) in [5.74, 6) is 0.587. The number of amides is 2. The highest BCUT2D eigenvalue weighted by Gasteiger charge is 2.36. The van der Waals surface area contributed by atoms with E-state index in [1.165, 1.54) is 21.3 Å². The van der Waals surface area contributed by atoms with Crippen molar-refractivity contribution >= 4 is 28.9 Å². The summed E-state index contributed by atoms with van der Waals surface area (Å²) >= 11 is 0. The SMILES string of the molecule is COc1cc(N2CC(C(=O)Nc3ccc(N(C)C)c(C)c3)CC2=O)cc(OC)c1OC. The number of methoxy groups -OCH3 is 3. The minimum Gasteiger partial charge on any atom is -0.493 e. The van der Waals surface area contributed by atoms with Crippen LogP contribution in [0.15, 0.2) is 30.3 Å². The van der Waals surface area contributed by atoms with Crippen LogP contribution in [0.4, 0.5) is 17.1 Å². The summed E-state index contributed by atoms with van der Waals surface area (Å²) in [6, 6.07) is 9.19. The van der Waals surface area contributed by atoms with E-state index in [2.05, 4.69) is 5.32 Å². The summed E-state index contributed by atoms with van der Waals surface area (Å²) < 4.78 is 16.1. The molecule has 166 valence electrons. The van der Waals surface area contributed by atoms with Gasteiger partial charge in [0, 0.05) is 50.6 Å². The van der Waals surface area contributed by atoms with Gasteiger partial charge in [-0.15, -0.1) is 0 Å². The van der Waals surface area contributed by atoms with E-state index in [1.807, 2.05) is 44.1 Å². The Bertz CT molecular complexity index is 964. The molecule has 1 N–H and O–H groups in total. The maximum Gasteiger partial charge on any atom is 0.229 e. The third-order valence-corrected chi connectivity index (χ3v) is 5.40. The smallest absolute Gasteiger partial charge is 0.229 e. The fraction of sp³-hybridized carbons (Fsp3) is 0.391. The second-order valence-electron chi connectivity index (χ2n) is 7.67. The first kappa shape index (κ1) is 22.3. The van der Waals surface area contributed by atoms with Gasteiger partial charge in [0.05, 0.1) is 32.9 Å². The molecule has 0 bridgehead atoms. The number of hydrogen-bond acceptors (Lipinski definition) is 6. The predicted octanol–water partition coefficient (Wildman–Crippen LogP) is 3.08. The van der Waals surface area contributed by atoms with Crippen molar-refractivity contribution in [2.24, 2.45) is 5.92 Å². The van der Waals surface area contributed by atoms with Gasteiger partial charge in [0.15, 0.2) is 11.5 Å². The number of carbonyl (C=O) groups excluding carboxylic acids is 2. The fourth-order valence-electron chi connectivity index (χ4n) is 3.84. The van der Waals surface area contributed by atoms with Crippen molar-refractivity contribution in [2.45, 2.75) is 13.3 Å². The monoisotopic (exact) mass is 427 g/mol. The zero-order valence-electron chi connectivity index (χ0n) is 18.8. The number of anilines is 3. The second kappa shape index (κ2) is 9.16. The molecule has 0 spiro atoms. The number of benzene rings is 2. The fourth-order valence-corrected chi connectivity index (χ4v) is 3.84. The number of hydrogen-bond donors (Lipinski definition) is 1. The Morgan fingerprint density at radius 1 is 1.06 bits per heavy atom. The molecule has 2 aromatic carbocycles. The van der Waals surface area contributed by atoms with Gasteiger partial charge in [0.1, 0.15) is 0 Å². The number of rotatable bonds is 7. The highest BCUT2D eigenvalue weighted by atomic mass is 16.5. The average molecular weight is 428 g/mol. The zero-order chi connectivity index (χ0) is 22.7. The van der Waals surface area contributed by atoms with Gasteiger partial charge in [-0.25, -0.2) is 0 Å². The van der Waals surface area contributed by atoms with Crippen LogP contribution in [0.5, 0.6) is 17.2 Å². The largest absolute Gasteiger partial charge is 0.493 e. The Morgan fingerprint density at radius 2 is 1.71 bits per heavy atom. The molecule has 2 aromatic rings. The summed E-state index contributed by atoms with van der Waals surface area (Å²) in [7, 11) is 8.51. The van der Waals surface area contributed by atoms with Crippen LogP contribution in [0.1, 0.15) is 12.0 Å². The molecule has 1 unspecified atom stereocenters. The quantitative estimate of drug-likeness (QED) is 0.732. The molecule has 1 atom stereocenters. The van der Waals surface area contributed by atoms with Crippen LogP contribution in [-0.2, 0) is 9.59 Å². The lowest BCUT2D eigenvalue weighted by Crippen LogP contribution is -2.28. The van der Waals surface area contributed by atoms with Crippen LogP contribution in [0.25, 0.3) is 0 Å². The number of carbonyl (C=O) groups is 2. The Balaban J connectivity index is 1.77. The van der Waals surface area contributed by atoms with Gasteiger partial charge in [-0.05, 0) is 30.7 Å². The number of ether oxygens (including phenoxy) is 3. The second-order valence-corrected chi connectivity index (χ2v) is 7.67. The highest BCUT2D eigenvalue weighted by molar-refractivity contribution is 6.04. The van der Waals surface area contributed by atoms with Crippen molar-refractivity contribution in [1.82, 2.24) is 0 Å². The van der Waals surface area contributed by atoms with Crippen LogP contribution in [0.3, 0.4) is 0 Å². The topological polar surface area (TPSA) is 80.3 Å². The van der Waals surface area contributed by atoms with E-state index in [-0.39, 0.29) is 24.8 Å². The van der Waals surface area contributed by atoms with Crippen molar-refractivity contribution in [3.63, 3.8) is 0 Å². The molecular weight excluding hydrogens is 398 g/mol.